The Balaban J connectivity index is 0.00000120. The number of hydrogen-bond donors (Lipinski definition) is 0. The molecular formula is C15H19ClLiN. The first kappa shape index (κ1) is 14.5. The van der Waals surface area contributed by atoms with Gasteiger partial charge in [0.15, 0.2) is 0 Å². The summed E-state index contributed by atoms with van der Waals surface area (Å²) in [7, 11) is 0. The number of fused-ring (bicyclic) bond motifs is 3. The van der Waals surface area contributed by atoms with Crippen LogP contribution in [0.5, 0.6) is 0 Å². The molecule has 18 heavy (non-hydrogen) atoms. The maximum atomic E-state index is 5.81. The SMILES string of the molecule is ClCCCN1CC[C@H]2c3cc[c-]cc3CC[C@H]21.[Li+]. The fraction of sp³-hybridized carbons (Fsp3) is 0.600. The van der Waals surface area contributed by atoms with Gasteiger partial charge in [-0.05, 0) is 38.3 Å². The summed E-state index contributed by atoms with van der Waals surface area (Å²) in [5.41, 5.74) is 3.13. The summed E-state index contributed by atoms with van der Waals surface area (Å²) in [6.45, 7) is 2.43. The van der Waals surface area contributed by atoms with Gasteiger partial charge in [-0.1, -0.05) is 6.42 Å². The molecule has 0 bridgehead atoms. The van der Waals surface area contributed by atoms with E-state index < -0.39 is 0 Å². The van der Waals surface area contributed by atoms with E-state index >= 15 is 0 Å². The molecule has 0 unspecified atom stereocenters. The molecule has 2 aliphatic rings. The maximum absolute atomic E-state index is 5.81. The normalized spacial score (nSPS) is 26.3. The number of hydrogen-bond acceptors (Lipinski definition) is 1. The van der Waals surface area contributed by atoms with Crippen molar-refractivity contribution in [1.82, 2.24) is 4.90 Å². The Bertz CT molecular complexity index is 396. The van der Waals surface area contributed by atoms with Crippen LogP contribution >= 0.6 is 11.6 Å². The van der Waals surface area contributed by atoms with Crippen molar-refractivity contribution in [2.75, 3.05) is 19.0 Å². The molecule has 0 aromatic heterocycles. The minimum Gasteiger partial charge on any atom is -0.300 e. The fourth-order valence-corrected chi connectivity index (χ4v) is 3.68. The molecule has 92 valence electrons. The summed E-state index contributed by atoms with van der Waals surface area (Å²) in [5.74, 6) is 1.56. The molecule has 0 amide bonds. The third-order valence-electron chi connectivity index (χ3n) is 4.34. The van der Waals surface area contributed by atoms with E-state index in [1.165, 1.54) is 37.9 Å². The predicted molar refractivity (Wildman–Crippen MR) is 71.7 cm³/mol. The summed E-state index contributed by atoms with van der Waals surface area (Å²) in [5, 5.41) is 0. The van der Waals surface area contributed by atoms with Crippen LogP contribution < -0.4 is 18.9 Å². The van der Waals surface area contributed by atoms with Gasteiger partial charge in [0.25, 0.3) is 0 Å². The van der Waals surface area contributed by atoms with Gasteiger partial charge < -0.3 is 0 Å². The summed E-state index contributed by atoms with van der Waals surface area (Å²) in [6.07, 6.45) is 4.99. The smallest absolute Gasteiger partial charge is 0.300 e. The Morgan fingerprint density at radius 1 is 1.39 bits per heavy atom. The van der Waals surface area contributed by atoms with E-state index in [-0.39, 0.29) is 18.9 Å². The zero-order chi connectivity index (χ0) is 11.7. The van der Waals surface area contributed by atoms with Crippen LogP contribution in [0.3, 0.4) is 0 Å². The first-order chi connectivity index (χ1) is 8.40. The summed E-state index contributed by atoms with van der Waals surface area (Å²) >= 11 is 5.81. The van der Waals surface area contributed by atoms with Crippen molar-refractivity contribution in [1.29, 1.82) is 0 Å². The standard InChI is InChI=1S/C15H19ClN.Li/c16-9-3-10-17-11-8-14-13-5-2-1-4-12(13)6-7-15(14)17;/h2,4-5,14-15H,3,6-11H2;/q-1;+1/t14-,15+;/m0./s1. The van der Waals surface area contributed by atoms with Crippen LogP contribution in [0.25, 0.3) is 0 Å². The van der Waals surface area contributed by atoms with Crippen molar-refractivity contribution in [3.8, 4) is 0 Å². The summed E-state index contributed by atoms with van der Waals surface area (Å²) < 4.78 is 0. The van der Waals surface area contributed by atoms with Gasteiger partial charge in [-0.2, -0.15) is 29.8 Å². The molecule has 1 aliphatic heterocycles. The minimum atomic E-state index is 0. The molecule has 0 N–H and O–H groups in total. The average Bonchev–Trinajstić information content (AvgIpc) is 2.80. The molecule has 3 rings (SSSR count). The topological polar surface area (TPSA) is 3.24 Å². The minimum absolute atomic E-state index is 0. The quantitative estimate of drug-likeness (QED) is 0.425. The van der Waals surface area contributed by atoms with Crippen LogP contribution in [0, 0.1) is 6.07 Å². The first-order valence-corrected chi connectivity index (χ1v) is 7.22. The van der Waals surface area contributed by atoms with Crippen molar-refractivity contribution in [3.05, 3.63) is 35.4 Å². The average molecular weight is 256 g/mol. The van der Waals surface area contributed by atoms with Crippen molar-refractivity contribution in [2.24, 2.45) is 0 Å². The number of alkyl halides is 1. The van der Waals surface area contributed by atoms with E-state index in [9.17, 15) is 0 Å². The Morgan fingerprint density at radius 2 is 2.28 bits per heavy atom. The number of aryl methyl sites for hydroxylation is 1. The van der Waals surface area contributed by atoms with Crippen LogP contribution in [0.1, 0.15) is 36.3 Å². The van der Waals surface area contributed by atoms with Crippen LogP contribution in [-0.4, -0.2) is 29.9 Å². The van der Waals surface area contributed by atoms with E-state index in [1.54, 1.807) is 5.56 Å². The number of benzene rings is 1. The van der Waals surface area contributed by atoms with Crippen molar-refractivity contribution in [2.45, 2.75) is 37.6 Å². The number of likely N-dealkylation sites (tertiary alicyclic amines) is 1. The Labute approximate surface area is 127 Å². The number of rotatable bonds is 3. The molecule has 1 saturated heterocycles. The Hall–Kier alpha value is 0.0674. The zero-order valence-corrected chi connectivity index (χ0v) is 11.9. The molecule has 0 spiro atoms. The molecule has 1 aromatic rings. The molecule has 0 saturated carbocycles. The van der Waals surface area contributed by atoms with E-state index in [0.717, 1.165) is 24.3 Å². The van der Waals surface area contributed by atoms with E-state index in [4.69, 9.17) is 11.6 Å². The summed E-state index contributed by atoms with van der Waals surface area (Å²) in [4.78, 5) is 2.66. The van der Waals surface area contributed by atoms with Crippen molar-refractivity contribution < 1.29 is 18.9 Å². The van der Waals surface area contributed by atoms with Crippen molar-refractivity contribution >= 4 is 11.6 Å². The third-order valence-corrected chi connectivity index (χ3v) is 4.60. The molecule has 1 aliphatic carbocycles. The monoisotopic (exact) mass is 255 g/mol. The second-order valence-corrected chi connectivity index (χ2v) is 5.58. The van der Waals surface area contributed by atoms with E-state index in [0.29, 0.717) is 0 Å². The zero-order valence-electron chi connectivity index (χ0n) is 11.2. The second-order valence-electron chi connectivity index (χ2n) is 5.20. The molecule has 1 nitrogen and oxygen atoms in total. The van der Waals surface area contributed by atoms with E-state index in [1.807, 2.05) is 0 Å². The van der Waals surface area contributed by atoms with Gasteiger partial charge in [-0.15, -0.1) is 17.2 Å². The van der Waals surface area contributed by atoms with Gasteiger partial charge in [0.2, 0.25) is 0 Å². The molecule has 2 atom stereocenters. The fourth-order valence-electron chi connectivity index (χ4n) is 3.56. The maximum Gasteiger partial charge on any atom is 1.00 e. The molecule has 3 heteroatoms. The number of nitrogens with zero attached hydrogens (tertiary/aromatic N) is 1. The first-order valence-electron chi connectivity index (χ1n) is 6.69. The Kier molecular flexibility index (Phi) is 5.21. The van der Waals surface area contributed by atoms with Gasteiger partial charge >= 0.3 is 18.9 Å². The largest absolute Gasteiger partial charge is 1.00 e. The summed E-state index contributed by atoms with van der Waals surface area (Å²) in [6, 6.07) is 10.5. The second kappa shape index (κ2) is 6.48. The van der Waals surface area contributed by atoms with E-state index in [2.05, 4.69) is 29.2 Å². The molecule has 1 aromatic carbocycles. The predicted octanol–water partition coefficient (Wildman–Crippen LogP) is 0.224. The van der Waals surface area contributed by atoms with Crippen molar-refractivity contribution in [3.63, 3.8) is 0 Å². The molecule has 1 fully saturated rings. The molecular weight excluding hydrogens is 237 g/mol. The third kappa shape index (κ3) is 2.65. The van der Waals surface area contributed by atoms with Gasteiger partial charge in [0, 0.05) is 11.9 Å². The molecule has 1 heterocycles. The van der Waals surface area contributed by atoms with Gasteiger partial charge in [-0.25, -0.2) is 0 Å². The van der Waals surface area contributed by atoms with Crippen LogP contribution in [-0.2, 0) is 6.42 Å². The van der Waals surface area contributed by atoms with Crippen LogP contribution in [0.4, 0.5) is 0 Å². The number of halogens is 1. The Morgan fingerprint density at radius 3 is 3.11 bits per heavy atom. The van der Waals surface area contributed by atoms with Crippen LogP contribution in [0.15, 0.2) is 18.2 Å². The molecule has 0 radical (unpaired) electrons. The van der Waals surface area contributed by atoms with Gasteiger partial charge in [-0.3, -0.25) is 4.90 Å². The van der Waals surface area contributed by atoms with Gasteiger partial charge in [0.05, 0.1) is 0 Å². The van der Waals surface area contributed by atoms with Crippen LogP contribution in [0.2, 0.25) is 0 Å². The van der Waals surface area contributed by atoms with Gasteiger partial charge in [0.1, 0.15) is 0 Å².